The molecule has 0 aromatic heterocycles. The average molecular weight is 293 g/mol. The van der Waals surface area contributed by atoms with E-state index in [0.29, 0.717) is 0 Å². The van der Waals surface area contributed by atoms with Crippen LogP contribution >= 0.6 is 0 Å². The molecular weight excluding hydrogens is 271 g/mol. The van der Waals surface area contributed by atoms with Gasteiger partial charge in [-0.15, -0.1) is 0 Å². The summed E-state index contributed by atoms with van der Waals surface area (Å²) in [6.45, 7) is 5.93. The summed E-state index contributed by atoms with van der Waals surface area (Å²) >= 11 is -1.86. The van der Waals surface area contributed by atoms with Crippen molar-refractivity contribution < 1.29 is 7.87 Å². The van der Waals surface area contributed by atoms with Crippen LogP contribution in [0.4, 0.5) is 0 Å². The molecule has 0 rings (SSSR count). The molecule has 0 aromatic rings. The van der Waals surface area contributed by atoms with Crippen molar-refractivity contribution in [1.29, 1.82) is 0 Å². The van der Waals surface area contributed by atoms with Crippen molar-refractivity contribution in [2.24, 2.45) is 0 Å². The quantitative estimate of drug-likeness (QED) is 0.675. The van der Waals surface area contributed by atoms with Crippen LogP contribution in [0.2, 0.25) is 8.87 Å². The Morgan fingerprint density at radius 3 is 1.92 bits per heavy atom. The van der Waals surface area contributed by atoms with Crippen LogP contribution in [0.15, 0.2) is 0 Å². The zero-order valence-electron chi connectivity index (χ0n) is 9.14. The molecule has 0 amide bonds. The van der Waals surface area contributed by atoms with Gasteiger partial charge in [-0.2, -0.15) is 0 Å². The number of rotatable bonds is 7. The predicted octanol–water partition coefficient (Wildman–Crippen LogP) is 2.87. The van der Waals surface area contributed by atoms with Crippen LogP contribution in [0.25, 0.3) is 0 Å². The van der Waals surface area contributed by atoms with Crippen molar-refractivity contribution >= 4 is 26.1 Å². The Balaban J connectivity index is 3.66. The fraction of sp³-hybridized carbons (Fsp3) is 0.900. The molecule has 0 unspecified atom stereocenters. The zero-order chi connectivity index (χ0) is 10.1. The predicted molar refractivity (Wildman–Crippen MR) is 58.3 cm³/mol. The average Bonchev–Trinajstić information content (AvgIpc) is 2.09. The van der Waals surface area contributed by atoms with Gasteiger partial charge >= 0.3 is 89.3 Å². The van der Waals surface area contributed by atoms with E-state index in [1.165, 1.54) is 34.6 Å². The second-order valence-electron chi connectivity index (χ2n) is 3.52. The van der Waals surface area contributed by atoms with Gasteiger partial charge in [-0.25, -0.2) is 0 Å². The summed E-state index contributed by atoms with van der Waals surface area (Å²) in [6, 6.07) is 0. The van der Waals surface area contributed by atoms with Crippen LogP contribution in [0, 0.1) is 0 Å². The molecule has 0 saturated carbocycles. The first-order chi connectivity index (χ1) is 6.20. The fourth-order valence-electron chi connectivity index (χ4n) is 1.36. The molecule has 3 heteroatoms. The van der Waals surface area contributed by atoms with E-state index in [2.05, 4.69) is 13.8 Å². The number of hydrogen-bond donors (Lipinski definition) is 0. The van der Waals surface area contributed by atoms with Gasteiger partial charge in [0.25, 0.3) is 0 Å². The van der Waals surface area contributed by atoms with Crippen LogP contribution in [-0.4, -0.2) is 26.1 Å². The summed E-state index contributed by atoms with van der Waals surface area (Å²) in [5, 5.41) is 0. The first kappa shape index (κ1) is 13.3. The van der Waals surface area contributed by atoms with E-state index in [1.54, 1.807) is 6.92 Å². The van der Waals surface area contributed by atoms with E-state index < -0.39 is 20.2 Å². The van der Waals surface area contributed by atoms with Gasteiger partial charge in [0.2, 0.25) is 0 Å². The van der Waals surface area contributed by atoms with E-state index in [1.807, 2.05) is 0 Å². The number of carbonyl (C=O) groups is 1. The van der Waals surface area contributed by atoms with Crippen molar-refractivity contribution in [3.63, 3.8) is 0 Å². The second kappa shape index (κ2) is 8.85. The molecule has 0 saturated heterocycles. The van der Waals surface area contributed by atoms with Gasteiger partial charge in [0.1, 0.15) is 0 Å². The van der Waals surface area contributed by atoms with Gasteiger partial charge in [0.05, 0.1) is 0 Å². The Morgan fingerprint density at radius 1 is 1.15 bits per heavy atom. The first-order valence-corrected chi connectivity index (χ1v) is 11.4. The molecule has 0 atom stereocenters. The van der Waals surface area contributed by atoms with Gasteiger partial charge < -0.3 is 0 Å². The van der Waals surface area contributed by atoms with Gasteiger partial charge in [-0.05, 0) is 0 Å². The van der Waals surface area contributed by atoms with Gasteiger partial charge in [0, 0.05) is 0 Å². The standard InChI is InChI=1S/2C4H9.C2H4O2.Sn.H/c2*1-3-4-2;1-2(3)4;;/h2*1,3-4H2,2H3;1H3,(H,3,4);;/q;;;+1;/p-1. The summed E-state index contributed by atoms with van der Waals surface area (Å²) in [6.07, 6.45) is 4.94. The maximum absolute atomic E-state index is 10.8. The molecule has 0 radical (unpaired) electrons. The van der Waals surface area contributed by atoms with Crippen molar-refractivity contribution in [2.45, 2.75) is 55.3 Å². The third-order valence-electron chi connectivity index (χ3n) is 2.09. The van der Waals surface area contributed by atoms with Crippen molar-refractivity contribution in [2.75, 3.05) is 0 Å². The molecule has 0 fully saturated rings. The molecule has 13 heavy (non-hydrogen) atoms. The Hall–Kier alpha value is 0.269. The molecule has 0 aromatic carbocycles. The minimum atomic E-state index is -1.86. The summed E-state index contributed by atoms with van der Waals surface area (Å²) in [4.78, 5) is 10.8. The molecule has 0 N–H and O–H groups in total. The normalized spacial score (nSPS) is 10.5. The van der Waals surface area contributed by atoms with Crippen molar-refractivity contribution in [3.05, 3.63) is 0 Å². The third kappa shape index (κ3) is 8.59. The molecule has 0 aliphatic heterocycles. The van der Waals surface area contributed by atoms with Crippen molar-refractivity contribution in [1.82, 2.24) is 0 Å². The van der Waals surface area contributed by atoms with Crippen LogP contribution < -0.4 is 0 Å². The van der Waals surface area contributed by atoms with Crippen molar-refractivity contribution in [3.8, 4) is 0 Å². The van der Waals surface area contributed by atoms with E-state index in [9.17, 15) is 4.79 Å². The number of unbranched alkanes of at least 4 members (excludes halogenated alkanes) is 2. The Kier molecular flexibility index (Phi) is 9.03. The molecule has 0 aliphatic rings. The maximum atomic E-state index is 10.8. The number of carbonyl (C=O) groups excluding carboxylic acids is 1. The SMILES string of the molecule is CCC[CH2][SnH]([CH2]CCC)[O]C(C)=O. The first-order valence-electron chi connectivity index (χ1n) is 5.37. The zero-order valence-corrected chi connectivity index (χ0v) is 12.4. The Bertz CT molecular complexity index is 129. The van der Waals surface area contributed by atoms with Crippen LogP contribution in [0.1, 0.15) is 46.5 Å². The van der Waals surface area contributed by atoms with E-state index in [0.717, 1.165) is 0 Å². The van der Waals surface area contributed by atoms with Gasteiger partial charge in [-0.1, -0.05) is 0 Å². The molecule has 0 heterocycles. The topological polar surface area (TPSA) is 26.3 Å². The molecule has 78 valence electrons. The van der Waals surface area contributed by atoms with Gasteiger partial charge in [0.15, 0.2) is 0 Å². The molecular formula is C10H22O2Sn. The summed E-state index contributed by atoms with van der Waals surface area (Å²) in [5.74, 6) is -0.0481. The summed E-state index contributed by atoms with van der Waals surface area (Å²) < 4.78 is 7.89. The summed E-state index contributed by atoms with van der Waals surface area (Å²) in [7, 11) is 0. The monoisotopic (exact) mass is 294 g/mol. The third-order valence-corrected chi connectivity index (χ3v) is 10.00. The van der Waals surface area contributed by atoms with Crippen LogP contribution in [0.5, 0.6) is 0 Å². The van der Waals surface area contributed by atoms with E-state index in [-0.39, 0.29) is 5.97 Å². The molecule has 0 aliphatic carbocycles. The van der Waals surface area contributed by atoms with E-state index >= 15 is 0 Å². The van der Waals surface area contributed by atoms with Gasteiger partial charge in [-0.3, -0.25) is 0 Å². The number of hydrogen-bond acceptors (Lipinski definition) is 2. The Labute approximate surface area is 89.3 Å². The Morgan fingerprint density at radius 2 is 1.62 bits per heavy atom. The molecule has 0 bridgehead atoms. The van der Waals surface area contributed by atoms with E-state index in [4.69, 9.17) is 3.07 Å². The fourth-order valence-corrected chi connectivity index (χ4v) is 9.13. The second-order valence-corrected chi connectivity index (χ2v) is 11.0. The van der Waals surface area contributed by atoms with Crippen LogP contribution in [0.3, 0.4) is 0 Å². The molecule has 2 nitrogen and oxygen atoms in total. The molecule has 0 spiro atoms. The minimum absolute atomic E-state index is 0.0481. The van der Waals surface area contributed by atoms with Crippen LogP contribution in [-0.2, 0) is 7.87 Å². The summed E-state index contributed by atoms with van der Waals surface area (Å²) in [5.41, 5.74) is 0.